The minimum atomic E-state index is -5.84. The Kier molecular flexibility index (Phi) is 16.7. The van der Waals surface area contributed by atoms with Crippen molar-refractivity contribution in [3.63, 3.8) is 0 Å². The van der Waals surface area contributed by atoms with Crippen LogP contribution in [0.15, 0.2) is 48.5 Å². The Hall–Kier alpha value is -4.68. The number of hydrogen-bond donors (Lipinski definition) is 3. The Labute approximate surface area is 323 Å². The highest BCUT2D eigenvalue weighted by Gasteiger charge is 2.54. The van der Waals surface area contributed by atoms with Crippen LogP contribution in [0.1, 0.15) is 17.5 Å². The number of hydrogen-bond acceptors (Lipinski definition) is 15. The molecule has 0 aromatic heterocycles. The van der Waals surface area contributed by atoms with E-state index in [4.69, 9.17) is 35.4 Å². The van der Waals surface area contributed by atoms with Crippen molar-refractivity contribution in [2.24, 2.45) is 0 Å². The van der Waals surface area contributed by atoms with Gasteiger partial charge < -0.3 is 9.47 Å². The number of ether oxygens (including phenoxy) is 2. The van der Waals surface area contributed by atoms with Crippen molar-refractivity contribution in [3.05, 3.63) is 79.9 Å². The quantitative estimate of drug-likeness (QED) is 0.0495. The molecule has 2 N–H and O–H groups in total. The number of nitro benzene ring substituents is 2. The molecule has 2 aromatic carbocycles. The number of nitro groups is 2. The highest BCUT2D eigenvalue weighted by Crippen LogP contribution is 2.29. The largest absolute Gasteiger partial charge is 0.525 e. The fourth-order valence-corrected chi connectivity index (χ4v) is 5.18. The lowest BCUT2D eigenvalue weighted by molar-refractivity contribution is -0.767. The maximum atomic E-state index is 13.6. The van der Waals surface area contributed by atoms with Crippen molar-refractivity contribution < 1.29 is 90.5 Å². The molecular formula is C28H32F6N5O15S3+. The molecule has 0 saturated carbocycles. The van der Waals surface area contributed by atoms with Crippen molar-refractivity contribution in [2.45, 2.75) is 35.9 Å². The summed E-state index contributed by atoms with van der Waals surface area (Å²) in [4.78, 5) is 63.3. The second kappa shape index (κ2) is 19.7. The second-order valence-electron chi connectivity index (χ2n) is 11.8. The lowest BCUT2D eigenvalue weighted by Crippen LogP contribution is -2.63. The molecule has 0 radical (unpaired) electrons. The molecule has 318 valence electrons. The summed E-state index contributed by atoms with van der Waals surface area (Å²) < 4.78 is 125. The van der Waals surface area contributed by atoms with Crippen molar-refractivity contribution in [2.75, 3.05) is 45.8 Å². The van der Waals surface area contributed by atoms with Crippen LogP contribution in [0.4, 0.5) is 47.3 Å². The third-order valence-electron chi connectivity index (χ3n) is 7.72. The molecule has 2 aromatic rings. The van der Waals surface area contributed by atoms with Crippen LogP contribution in [-0.4, -0.2) is 130 Å². The highest BCUT2D eigenvalue weighted by atomic mass is 32.2. The van der Waals surface area contributed by atoms with E-state index in [0.29, 0.717) is 43.7 Å². The average Bonchev–Trinajstić information content (AvgIpc) is 3.51. The summed E-state index contributed by atoms with van der Waals surface area (Å²) in [6, 6.07) is 11.0. The van der Waals surface area contributed by atoms with Gasteiger partial charge in [0, 0.05) is 56.9 Å². The van der Waals surface area contributed by atoms with Crippen LogP contribution in [0.3, 0.4) is 0 Å². The molecule has 4 rings (SSSR count). The van der Waals surface area contributed by atoms with E-state index < -0.39 is 57.6 Å². The average molecular weight is 889 g/mol. The number of piperazine rings is 1. The van der Waals surface area contributed by atoms with Crippen molar-refractivity contribution in [3.8, 4) is 0 Å². The van der Waals surface area contributed by atoms with E-state index in [-0.39, 0.29) is 55.5 Å². The van der Waals surface area contributed by atoms with Gasteiger partial charge in [0.05, 0.1) is 28.2 Å². The highest BCUT2D eigenvalue weighted by molar-refractivity contribution is 7.86. The number of thiol groups is 1. The number of carbonyl (C=O) groups excluding carboxylic acids is 3. The molecule has 3 amide bonds. The predicted octanol–water partition coefficient (Wildman–Crippen LogP) is 3.93. The summed E-state index contributed by atoms with van der Waals surface area (Å²) >= 11 is 4.49. The molecule has 57 heavy (non-hydrogen) atoms. The Morgan fingerprint density at radius 3 is 1.49 bits per heavy atom. The van der Waals surface area contributed by atoms with Crippen LogP contribution >= 0.6 is 12.6 Å². The molecule has 2 atom stereocenters. The van der Waals surface area contributed by atoms with Crippen molar-refractivity contribution >= 4 is 62.3 Å². The fraction of sp³-hybridized carbons (Fsp3) is 0.464. The number of benzene rings is 2. The van der Waals surface area contributed by atoms with Gasteiger partial charge in [-0.2, -0.15) is 60.6 Å². The summed E-state index contributed by atoms with van der Waals surface area (Å²) in [7, 11) is -11.7. The summed E-state index contributed by atoms with van der Waals surface area (Å²) in [5, 5.41) is 21.5. The predicted molar refractivity (Wildman–Crippen MR) is 182 cm³/mol. The summed E-state index contributed by atoms with van der Waals surface area (Å²) in [5.41, 5.74) is -10.0. The zero-order valence-corrected chi connectivity index (χ0v) is 31.3. The van der Waals surface area contributed by atoms with Crippen LogP contribution < -0.4 is 0 Å². The van der Waals surface area contributed by atoms with Gasteiger partial charge in [-0.1, -0.05) is 0 Å². The summed E-state index contributed by atoms with van der Waals surface area (Å²) in [5.74, 6) is -0.459. The number of imide groups is 1. The third kappa shape index (κ3) is 14.6. The Morgan fingerprint density at radius 1 is 0.772 bits per heavy atom. The molecule has 2 fully saturated rings. The van der Waals surface area contributed by atoms with Crippen LogP contribution in [0.5, 0.6) is 0 Å². The fourth-order valence-electron chi connectivity index (χ4n) is 4.79. The smallest absolute Gasteiger partial charge is 0.460 e. The molecule has 0 aliphatic carbocycles. The minimum Gasteiger partial charge on any atom is -0.460 e. The van der Waals surface area contributed by atoms with E-state index >= 15 is 0 Å². The van der Waals surface area contributed by atoms with E-state index in [0.717, 1.165) is 0 Å². The van der Waals surface area contributed by atoms with Gasteiger partial charge in [0.25, 0.3) is 11.4 Å². The number of quaternary nitrogens is 1. The number of urea groups is 1. The van der Waals surface area contributed by atoms with Gasteiger partial charge in [0.1, 0.15) is 19.8 Å². The number of nitrogens with zero attached hydrogens (tertiary/aromatic N) is 5. The molecule has 2 saturated heterocycles. The third-order valence-corrected chi connectivity index (χ3v) is 9.31. The molecular weight excluding hydrogens is 857 g/mol. The molecule has 29 heteroatoms. The van der Waals surface area contributed by atoms with Gasteiger partial charge in [-0.05, 0) is 35.4 Å². The maximum absolute atomic E-state index is 13.6. The van der Waals surface area contributed by atoms with E-state index in [1.54, 1.807) is 4.90 Å². The zero-order valence-electron chi connectivity index (χ0n) is 28.7. The van der Waals surface area contributed by atoms with E-state index in [2.05, 4.69) is 12.6 Å². The molecule has 2 aliphatic heterocycles. The SMILES string of the molecule is O=C(CN1CCN(C(=O)[N+]2(C(=O)OCc3ccc([N+](=O)[O-])cc3)CC[C@H](S)C2)CC1)OCc1ccc([N+](=O)[O-])cc1.O=S(=O)(O)C(F)(F)F.O=S(=O)(O)C(F)(F)F. The zero-order chi connectivity index (χ0) is 43.6. The van der Waals surface area contributed by atoms with Gasteiger partial charge in [0.2, 0.25) is 0 Å². The molecule has 20 nitrogen and oxygen atoms in total. The Morgan fingerprint density at radius 2 is 1.16 bits per heavy atom. The molecule has 1 unspecified atom stereocenters. The van der Waals surface area contributed by atoms with Crippen molar-refractivity contribution in [1.82, 2.24) is 9.80 Å². The van der Waals surface area contributed by atoms with Gasteiger partial charge in [-0.3, -0.25) is 43.9 Å². The standard InChI is InChI=1S/C26H29N5O9S.2CHF3O3S/c32-24(39-17-19-1-5-21(6-2-19)29(35)36)15-27-10-12-28(13-11-27)25(33)31(14-9-23(41)16-31)26(34)40-18-20-3-7-22(8-4-20)30(37)38;2*2-1(3,4)8(5,6)7/h1-8,23H,9-18H2;2*(H,5,6,7)/p+1/t23-,31?;;/m0../s1. The topological polar surface area (TPSA) is 271 Å². The van der Waals surface area contributed by atoms with Crippen LogP contribution in [0.25, 0.3) is 0 Å². The second-order valence-corrected chi connectivity index (χ2v) is 15.3. The first-order valence-corrected chi connectivity index (χ1v) is 18.9. The number of non-ortho nitro benzene ring substituents is 2. The number of halogens is 6. The molecule has 2 aliphatic rings. The number of rotatable bonds is 8. The number of esters is 1. The lowest BCUT2D eigenvalue weighted by atomic mass is 10.2. The molecule has 0 bridgehead atoms. The van der Waals surface area contributed by atoms with Crippen LogP contribution in [-0.2, 0) is 47.7 Å². The number of likely N-dealkylation sites (tertiary alicyclic amines) is 1. The Bertz CT molecular complexity index is 1940. The van der Waals surface area contributed by atoms with E-state index in [1.807, 2.05) is 4.90 Å². The van der Waals surface area contributed by atoms with E-state index in [9.17, 15) is 61.0 Å². The number of carbonyl (C=O) groups is 3. The van der Waals surface area contributed by atoms with Crippen LogP contribution in [0, 0.1) is 20.2 Å². The van der Waals surface area contributed by atoms with Crippen molar-refractivity contribution in [1.29, 1.82) is 0 Å². The van der Waals surface area contributed by atoms with Gasteiger partial charge in [0.15, 0.2) is 0 Å². The monoisotopic (exact) mass is 888 g/mol. The minimum absolute atomic E-state index is 0.0117. The first-order chi connectivity index (χ1) is 26.1. The summed E-state index contributed by atoms with van der Waals surface area (Å²) in [6.07, 6.45) is -0.135. The maximum Gasteiger partial charge on any atom is 0.525 e. The Balaban J connectivity index is 0.000000587. The first kappa shape index (κ1) is 48.5. The van der Waals surface area contributed by atoms with Gasteiger partial charge in [-0.15, -0.1) is 4.48 Å². The first-order valence-electron chi connectivity index (χ1n) is 15.5. The normalized spacial score (nSPS) is 18.9. The number of amides is 3. The lowest BCUT2D eigenvalue weighted by Gasteiger charge is -2.37. The summed E-state index contributed by atoms with van der Waals surface area (Å²) in [6.45, 7) is 1.74. The molecule has 0 spiro atoms. The van der Waals surface area contributed by atoms with Gasteiger partial charge in [-0.25, -0.2) is 4.79 Å². The van der Waals surface area contributed by atoms with Gasteiger partial charge >= 0.3 is 49.3 Å². The molecule has 2 heterocycles. The number of alkyl halides is 6. The van der Waals surface area contributed by atoms with E-state index in [1.165, 1.54) is 48.5 Å². The van der Waals surface area contributed by atoms with Crippen LogP contribution in [0.2, 0.25) is 0 Å².